The van der Waals surface area contributed by atoms with E-state index in [1.54, 1.807) is 86.6 Å². The highest BCUT2D eigenvalue weighted by molar-refractivity contribution is 9.10. The zero-order valence-electron chi connectivity index (χ0n) is 23.0. The van der Waals surface area contributed by atoms with E-state index in [0.717, 1.165) is 0 Å². The number of halogens is 1. The molecule has 0 aliphatic rings. The minimum absolute atomic E-state index is 0.00127. The molecule has 3 aromatic rings. The van der Waals surface area contributed by atoms with Gasteiger partial charge in [0.2, 0.25) is 0 Å². The molecule has 0 aliphatic carbocycles. The normalized spacial score (nSPS) is 12.3. The number of rotatable bonds is 2. The number of carbonyl (C=O) groups is 3. The molecule has 11 nitrogen and oxygen atoms in total. The van der Waals surface area contributed by atoms with Gasteiger partial charge in [0, 0.05) is 0 Å². The fourth-order valence-electron chi connectivity index (χ4n) is 3.21. The topological polar surface area (TPSA) is 126 Å². The lowest BCUT2D eigenvalue weighted by Crippen LogP contribution is -2.44. The van der Waals surface area contributed by atoms with Crippen molar-refractivity contribution in [3.05, 3.63) is 35.1 Å². The number of carbonyl (C=O) groups excluding carboxylic acids is 3. The third kappa shape index (κ3) is 7.06. The van der Waals surface area contributed by atoms with Crippen LogP contribution in [0, 0.1) is 0 Å². The van der Waals surface area contributed by atoms with Gasteiger partial charge in [-0.1, -0.05) is 12.1 Å². The molecule has 0 bridgehead atoms. The lowest BCUT2D eigenvalue weighted by Gasteiger charge is -2.28. The number of ether oxygens (including phenoxy) is 3. The van der Waals surface area contributed by atoms with Crippen LogP contribution in [0.4, 0.5) is 20.2 Å². The number of imidazole rings is 1. The molecule has 0 saturated carbocycles. The van der Waals surface area contributed by atoms with E-state index in [-0.39, 0.29) is 21.9 Å². The Balaban J connectivity index is 2.31. The first-order chi connectivity index (χ1) is 17.4. The molecule has 2 heterocycles. The Bertz CT molecular complexity index is 1350. The molecule has 204 valence electrons. The first kappa shape index (κ1) is 29.0. The van der Waals surface area contributed by atoms with Gasteiger partial charge in [-0.25, -0.2) is 33.9 Å². The SMILES string of the molecule is CC(C)(C)OC(=O)N(C(=O)OC(C)(C)C)c1ncc(Br)nc1-c1nc2ccccc2n1C(=O)OC(C)(C)C. The molecule has 0 unspecified atom stereocenters. The Morgan fingerprint density at radius 3 is 1.87 bits per heavy atom. The second-order valence-corrected chi connectivity index (χ2v) is 12.2. The summed E-state index contributed by atoms with van der Waals surface area (Å²) in [6.07, 6.45) is -1.50. The summed E-state index contributed by atoms with van der Waals surface area (Å²) in [5.74, 6) is -0.238. The van der Waals surface area contributed by atoms with Crippen molar-refractivity contribution < 1.29 is 28.6 Å². The van der Waals surface area contributed by atoms with Gasteiger partial charge in [0.1, 0.15) is 21.4 Å². The third-order valence-electron chi connectivity index (χ3n) is 4.44. The van der Waals surface area contributed by atoms with Crippen LogP contribution in [0.1, 0.15) is 62.3 Å². The minimum atomic E-state index is -1.04. The van der Waals surface area contributed by atoms with E-state index >= 15 is 0 Å². The molecule has 1 aromatic carbocycles. The number of amides is 2. The number of anilines is 1. The Labute approximate surface area is 229 Å². The molecule has 0 N–H and O–H groups in total. The van der Waals surface area contributed by atoms with E-state index in [1.807, 2.05) is 0 Å². The van der Waals surface area contributed by atoms with E-state index in [0.29, 0.717) is 15.9 Å². The molecule has 3 rings (SSSR count). The maximum atomic E-state index is 13.4. The van der Waals surface area contributed by atoms with Crippen LogP contribution in [0.25, 0.3) is 22.6 Å². The molecule has 0 aliphatic heterocycles. The Kier molecular flexibility index (Phi) is 7.88. The van der Waals surface area contributed by atoms with E-state index < -0.39 is 35.1 Å². The summed E-state index contributed by atoms with van der Waals surface area (Å²) < 4.78 is 18.1. The van der Waals surface area contributed by atoms with E-state index in [2.05, 4.69) is 30.9 Å². The van der Waals surface area contributed by atoms with Crippen molar-refractivity contribution in [3.8, 4) is 11.5 Å². The smallest absolute Gasteiger partial charge is 0.425 e. The Morgan fingerprint density at radius 1 is 0.816 bits per heavy atom. The van der Waals surface area contributed by atoms with Crippen molar-refractivity contribution in [3.63, 3.8) is 0 Å². The van der Waals surface area contributed by atoms with E-state index in [1.165, 1.54) is 10.8 Å². The van der Waals surface area contributed by atoms with Crippen LogP contribution in [0.3, 0.4) is 0 Å². The second-order valence-electron chi connectivity index (χ2n) is 11.4. The fourth-order valence-corrected chi connectivity index (χ4v) is 3.49. The first-order valence-corrected chi connectivity index (χ1v) is 12.7. The van der Waals surface area contributed by atoms with Crippen molar-refractivity contribution in [2.75, 3.05) is 4.90 Å². The summed E-state index contributed by atoms with van der Waals surface area (Å²) in [6.45, 7) is 15.2. The Morgan fingerprint density at radius 2 is 1.34 bits per heavy atom. The van der Waals surface area contributed by atoms with Gasteiger partial charge in [-0.2, -0.15) is 4.90 Å². The molecule has 0 fully saturated rings. The van der Waals surface area contributed by atoms with Gasteiger partial charge >= 0.3 is 18.3 Å². The lowest BCUT2D eigenvalue weighted by atomic mass is 10.2. The number of hydrogen-bond acceptors (Lipinski definition) is 9. The maximum Gasteiger partial charge on any atom is 0.425 e. The number of nitrogens with zero attached hydrogens (tertiary/aromatic N) is 5. The van der Waals surface area contributed by atoms with Gasteiger partial charge in [-0.3, -0.25) is 0 Å². The highest BCUT2D eigenvalue weighted by atomic mass is 79.9. The second kappa shape index (κ2) is 10.3. The average molecular weight is 590 g/mol. The lowest BCUT2D eigenvalue weighted by molar-refractivity contribution is 0.0427. The number of aromatic nitrogens is 4. The summed E-state index contributed by atoms with van der Waals surface area (Å²) in [6, 6.07) is 6.92. The molecular weight excluding hydrogens is 558 g/mol. The highest BCUT2D eigenvalue weighted by Crippen LogP contribution is 2.33. The number of fused-ring (bicyclic) bond motifs is 1. The highest BCUT2D eigenvalue weighted by Gasteiger charge is 2.37. The van der Waals surface area contributed by atoms with Crippen LogP contribution in [-0.2, 0) is 14.2 Å². The first-order valence-electron chi connectivity index (χ1n) is 11.9. The van der Waals surface area contributed by atoms with Gasteiger partial charge in [-0.05, 0) is 90.4 Å². The van der Waals surface area contributed by atoms with Crippen molar-refractivity contribution >= 4 is 51.1 Å². The molecule has 0 saturated heterocycles. The maximum absolute atomic E-state index is 13.4. The largest absolute Gasteiger partial charge is 0.443 e. The summed E-state index contributed by atoms with van der Waals surface area (Å²) in [4.78, 5) is 54.1. The van der Waals surface area contributed by atoms with Crippen LogP contribution in [-0.4, -0.2) is 54.6 Å². The van der Waals surface area contributed by atoms with Crippen LogP contribution >= 0.6 is 15.9 Å². The van der Waals surface area contributed by atoms with Crippen LogP contribution in [0.2, 0.25) is 0 Å². The summed E-state index contributed by atoms with van der Waals surface area (Å²) in [5, 5.41) is 0. The standard InChI is InChI=1S/C26H32BrN5O6/c1-24(2,3)36-21(33)31-16-13-11-10-12-15(16)29-20(31)18-19(28-14-17(27)30-18)32(22(34)37-25(4,5)6)23(35)38-26(7,8)9/h10-14H,1-9H3. The zero-order chi connectivity index (χ0) is 28.6. The summed E-state index contributed by atoms with van der Waals surface area (Å²) in [5.41, 5.74) is -1.86. The number of para-hydroxylation sites is 2. The van der Waals surface area contributed by atoms with Crippen molar-refractivity contribution in [1.29, 1.82) is 0 Å². The van der Waals surface area contributed by atoms with Gasteiger partial charge in [0.05, 0.1) is 17.2 Å². The molecule has 2 amide bonds. The van der Waals surface area contributed by atoms with Crippen molar-refractivity contribution in [1.82, 2.24) is 19.5 Å². The summed E-state index contributed by atoms with van der Waals surface area (Å²) >= 11 is 3.29. The van der Waals surface area contributed by atoms with Crippen LogP contribution in [0.15, 0.2) is 35.1 Å². The van der Waals surface area contributed by atoms with E-state index in [9.17, 15) is 14.4 Å². The molecular formula is C26H32BrN5O6. The zero-order valence-corrected chi connectivity index (χ0v) is 24.5. The predicted molar refractivity (Wildman–Crippen MR) is 145 cm³/mol. The molecule has 0 radical (unpaired) electrons. The number of benzene rings is 1. The predicted octanol–water partition coefficient (Wildman–Crippen LogP) is 6.72. The average Bonchev–Trinajstić information content (AvgIpc) is 3.10. The van der Waals surface area contributed by atoms with Crippen molar-refractivity contribution in [2.45, 2.75) is 79.1 Å². The van der Waals surface area contributed by atoms with Crippen LogP contribution in [0.5, 0.6) is 0 Å². The van der Waals surface area contributed by atoms with Gasteiger partial charge in [0.15, 0.2) is 17.3 Å². The molecule has 12 heteroatoms. The molecule has 38 heavy (non-hydrogen) atoms. The van der Waals surface area contributed by atoms with Gasteiger partial charge in [-0.15, -0.1) is 0 Å². The summed E-state index contributed by atoms with van der Waals surface area (Å²) in [7, 11) is 0. The number of imide groups is 1. The number of hydrogen-bond donors (Lipinski definition) is 0. The van der Waals surface area contributed by atoms with Crippen LogP contribution < -0.4 is 4.90 Å². The fraction of sp³-hybridized carbons (Fsp3) is 0.462. The molecule has 2 aromatic heterocycles. The molecule has 0 atom stereocenters. The Hall–Kier alpha value is -3.54. The van der Waals surface area contributed by atoms with E-state index in [4.69, 9.17) is 14.2 Å². The third-order valence-corrected chi connectivity index (χ3v) is 4.82. The van der Waals surface area contributed by atoms with Gasteiger partial charge < -0.3 is 14.2 Å². The molecule has 0 spiro atoms. The van der Waals surface area contributed by atoms with Gasteiger partial charge in [0.25, 0.3) is 0 Å². The quantitative estimate of drug-likeness (QED) is 0.299. The minimum Gasteiger partial charge on any atom is -0.443 e. The monoisotopic (exact) mass is 589 g/mol. The van der Waals surface area contributed by atoms with Crippen molar-refractivity contribution in [2.24, 2.45) is 0 Å².